The largest absolute Gasteiger partial charge is 0.426 e. The highest BCUT2D eigenvalue weighted by molar-refractivity contribution is 5.77. The number of ether oxygens (including phenoxy) is 1. The number of nitrogens with one attached hydrogen (secondary N) is 2. The minimum absolute atomic E-state index is 0.134. The molecule has 0 fully saturated rings. The average Bonchev–Trinajstić information content (AvgIpc) is 2.58. The lowest BCUT2D eigenvalue weighted by molar-refractivity contribution is -0.131. The monoisotopic (exact) mass is 351 g/mol. The summed E-state index contributed by atoms with van der Waals surface area (Å²) in [6, 6.07) is 11.2. The smallest absolute Gasteiger partial charge is 0.308 e. The number of rotatable bonds is 5. The van der Waals surface area contributed by atoms with Gasteiger partial charge in [0.15, 0.2) is 0 Å². The standard InChI is InChI=1S/C20H21N3O3/c1-12-8-15(9-13(2)19(12)26-14(3)24)10-21-11-18-22-17-7-5-4-6-16(17)20(25)23-18/h4-9,21H,10-11H2,1-3H3,(H,22,23,25). The first-order chi connectivity index (χ1) is 12.4. The van der Waals surface area contributed by atoms with Crippen LogP contribution >= 0.6 is 0 Å². The number of aromatic amines is 1. The fourth-order valence-corrected chi connectivity index (χ4v) is 2.99. The van der Waals surface area contributed by atoms with Crippen LogP contribution < -0.4 is 15.6 Å². The molecule has 0 spiro atoms. The highest BCUT2D eigenvalue weighted by Crippen LogP contribution is 2.25. The summed E-state index contributed by atoms with van der Waals surface area (Å²) in [6.07, 6.45) is 0. The third-order valence-corrected chi connectivity index (χ3v) is 4.05. The zero-order chi connectivity index (χ0) is 18.7. The van der Waals surface area contributed by atoms with E-state index in [0.29, 0.717) is 35.6 Å². The van der Waals surface area contributed by atoms with Crippen LogP contribution in [0.25, 0.3) is 10.9 Å². The van der Waals surface area contributed by atoms with Crippen molar-refractivity contribution in [1.82, 2.24) is 15.3 Å². The lowest BCUT2D eigenvalue weighted by Crippen LogP contribution is -2.19. The van der Waals surface area contributed by atoms with Gasteiger partial charge in [0.2, 0.25) is 0 Å². The van der Waals surface area contributed by atoms with E-state index in [1.807, 2.05) is 44.2 Å². The molecular weight excluding hydrogens is 330 g/mol. The van der Waals surface area contributed by atoms with Crippen LogP contribution in [0.4, 0.5) is 0 Å². The van der Waals surface area contributed by atoms with E-state index < -0.39 is 0 Å². The lowest BCUT2D eigenvalue weighted by atomic mass is 10.1. The topological polar surface area (TPSA) is 84.1 Å². The van der Waals surface area contributed by atoms with Crippen LogP contribution in [0.15, 0.2) is 41.2 Å². The molecule has 0 unspecified atom stereocenters. The Balaban J connectivity index is 1.70. The molecule has 0 bridgehead atoms. The van der Waals surface area contributed by atoms with Crippen molar-refractivity contribution in [3.05, 3.63) is 69.3 Å². The SMILES string of the molecule is CC(=O)Oc1c(C)cc(CNCc2nc3ccccc3c(=O)[nH]2)cc1C. The first-order valence-electron chi connectivity index (χ1n) is 8.41. The molecule has 6 heteroatoms. The summed E-state index contributed by atoms with van der Waals surface area (Å²) in [4.78, 5) is 30.5. The number of hydrogen-bond acceptors (Lipinski definition) is 5. The summed E-state index contributed by atoms with van der Waals surface area (Å²) in [5.41, 5.74) is 3.44. The minimum Gasteiger partial charge on any atom is -0.426 e. The molecule has 6 nitrogen and oxygen atoms in total. The molecule has 0 saturated carbocycles. The van der Waals surface area contributed by atoms with Crippen LogP contribution in [-0.2, 0) is 17.9 Å². The Morgan fingerprint density at radius 1 is 1.15 bits per heavy atom. The molecular formula is C20H21N3O3. The third kappa shape index (κ3) is 3.97. The Bertz CT molecular complexity index is 1000. The van der Waals surface area contributed by atoms with Crippen molar-refractivity contribution < 1.29 is 9.53 Å². The third-order valence-electron chi connectivity index (χ3n) is 4.05. The van der Waals surface area contributed by atoms with Crippen molar-refractivity contribution >= 4 is 16.9 Å². The van der Waals surface area contributed by atoms with Gasteiger partial charge in [-0.15, -0.1) is 0 Å². The number of carbonyl (C=O) groups is 1. The number of aromatic nitrogens is 2. The summed E-state index contributed by atoms with van der Waals surface area (Å²) in [5.74, 6) is 0.883. The summed E-state index contributed by atoms with van der Waals surface area (Å²) in [6.45, 7) is 6.28. The first-order valence-corrected chi connectivity index (χ1v) is 8.41. The maximum Gasteiger partial charge on any atom is 0.308 e. The molecule has 134 valence electrons. The number of para-hydroxylation sites is 1. The fraction of sp³-hybridized carbons (Fsp3) is 0.250. The normalized spacial score (nSPS) is 10.9. The number of nitrogens with zero attached hydrogens (tertiary/aromatic N) is 1. The van der Waals surface area contributed by atoms with Gasteiger partial charge in [0.1, 0.15) is 11.6 Å². The molecule has 0 atom stereocenters. The summed E-state index contributed by atoms with van der Waals surface area (Å²) >= 11 is 0. The lowest BCUT2D eigenvalue weighted by Gasteiger charge is -2.12. The highest BCUT2D eigenvalue weighted by atomic mass is 16.5. The second kappa shape index (κ2) is 7.49. The van der Waals surface area contributed by atoms with Crippen LogP contribution in [-0.4, -0.2) is 15.9 Å². The van der Waals surface area contributed by atoms with Gasteiger partial charge in [-0.2, -0.15) is 0 Å². The van der Waals surface area contributed by atoms with E-state index in [1.165, 1.54) is 6.92 Å². The van der Waals surface area contributed by atoms with Crippen molar-refractivity contribution in [2.24, 2.45) is 0 Å². The van der Waals surface area contributed by atoms with Gasteiger partial charge in [-0.1, -0.05) is 24.3 Å². The van der Waals surface area contributed by atoms with Gasteiger partial charge in [0.05, 0.1) is 17.4 Å². The first kappa shape index (κ1) is 17.8. The molecule has 0 radical (unpaired) electrons. The molecule has 3 aromatic rings. The van der Waals surface area contributed by atoms with Gasteiger partial charge in [-0.3, -0.25) is 9.59 Å². The predicted molar refractivity (Wildman–Crippen MR) is 100 cm³/mol. The Labute approximate surface area is 151 Å². The second-order valence-electron chi connectivity index (χ2n) is 6.29. The van der Waals surface area contributed by atoms with Crippen LogP contribution in [0.5, 0.6) is 5.75 Å². The molecule has 0 aliphatic heterocycles. The van der Waals surface area contributed by atoms with Gasteiger partial charge < -0.3 is 15.0 Å². The van der Waals surface area contributed by atoms with E-state index in [-0.39, 0.29) is 11.5 Å². The summed E-state index contributed by atoms with van der Waals surface area (Å²) in [7, 11) is 0. The van der Waals surface area contributed by atoms with E-state index >= 15 is 0 Å². The second-order valence-corrected chi connectivity index (χ2v) is 6.29. The average molecular weight is 351 g/mol. The number of hydrogen-bond donors (Lipinski definition) is 2. The molecule has 0 saturated heterocycles. The highest BCUT2D eigenvalue weighted by Gasteiger charge is 2.09. The number of fused-ring (bicyclic) bond motifs is 1. The van der Waals surface area contributed by atoms with E-state index in [9.17, 15) is 9.59 Å². The number of carbonyl (C=O) groups excluding carboxylic acids is 1. The molecule has 1 heterocycles. The van der Waals surface area contributed by atoms with Crippen molar-refractivity contribution in [1.29, 1.82) is 0 Å². The van der Waals surface area contributed by atoms with Gasteiger partial charge in [-0.05, 0) is 42.7 Å². The Hall–Kier alpha value is -2.99. The van der Waals surface area contributed by atoms with Crippen LogP contribution in [0.1, 0.15) is 29.4 Å². The zero-order valence-electron chi connectivity index (χ0n) is 15.1. The number of aryl methyl sites for hydroxylation is 2. The summed E-state index contributed by atoms with van der Waals surface area (Å²) < 4.78 is 5.25. The molecule has 0 aliphatic rings. The Morgan fingerprint density at radius 2 is 1.85 bits per heavy atom. The van der Waals surface area contributed by atoms with Crippen molar-refractivity contribution in [2.75, 3.05) is 0 Å². The van der Waals surface area contributed by atoms with E-state index in [0.717, 1.165) is 16.7 Å². The summed E-state index contributed by atoms with van der Waals surface area (Å²) in [5, 5.41) is 3.87. The van der Waals surface area contributed by atoms with Gasteiger partial charge >= 0.3 is 5.97 Å². The molecule has 3 rings (SSSR count). The maximum atomic E-state index is 12.1. The number of benzene rings is 2. The van der Waals surface area contributed by atoms with Crippen LogP contribution in [0.2, 0.25) is 0 Å². The minimum atomic E-state index is -0.326. The fourth-order valence-electron chi connectivity index (χ4n) is 2.99. The predicted octanol–water partition coefficient (Wildman–Crippen LogP) is 2.76. The zero-order valence-corrected chi connectivity index (χ0v) is 15.1. The van der Waals surface area contributed by atoms with E-state index in [4.69, 9.17) is 4.74 Å². The molecule has 0 aliphatic carbocycles. The Kier molecular flexibility index (Phi) is 5.14. The van der Waals surface area contributed by atoms with Crippen LogP contribution in [0, 0.1) is 13.8 Å². The molecule has 2 N–H and O–H groups in total. The van der Waals surface area contributed by atoms with E-state index in [2.05, 4.69) is 15.3 Å². The Morgan fingerprint density at radius 3 is 2.54 bits per heavy atom. The van der Waals surface area contributed by atoms with Crippen molar-refractivity contribution in [3.63, 3.8) is 0 Å². The van der Waals surface area contributed by atoms with Gasteiger partial charge in [0.25, 0.3) is 5.56 Å². The maximum absolute atomic E-state index is 12.1. The molecule has 0 amide bonds. The van der Waals surface area contributed by atoms with Gasteiger partial charge in [-0.25, -0.2) is 4.98 Å². The van der Waals surface area contributed by atoms with Crippen molar-refractivity contribution in [2.45, 2.75) is 33.9 Å². The molecule has 1 aromatic heterocycles. The van der Waals surface area contributed by atoms with E-state index in [1.54, 1.807) is 6.07 Å². The number of esters is 1. The molecule has 26 heavy (non-hydrogen) atoms. The molecule has 2 aromatic carbocycles. The van der Waals surface area contributed by atoms with Gasteiger partial charge in [0, 0.05) is 13.5 Å². The van der Waals surface area contributed by atoms with Crippen molar-refractivity contribution in [3.8, 4) is 5.75 Å². The van der Waals surface area contributed by atoms with Crippen LogP contribution in [0.3, 0.4) is 0 Å². The number of H-pyrrole nitrogens is 1. The quantitative estimate of drug-likeness (QED) is 0.545.